The molecule has 0 fully saturated rings. The Morgan fingerprint density at radius 2 is 2.00 bits per heavy atom. The van der Waals surface area contributed by atoms with E-state index in [-0.39, 0.29) is 0 Å². The predicted octanol–water partition coefficient (Wildman–Crippen LogP) is 4.89. The molecule has 1 heterocycles. The summed E-state index contributed by atoms with van der Waals surface area (Å²) >= 11 is 0. The predicted molar refractivity (Wildman–Crippen MR) is 75.4 cm³/mol. The van der Waals surface area contributed by atoms with Gasteiger partial charge in [0, 0.05) is 11.5 Å². The third kappa shape index (κ3) is 1.71. The fraction of sp³-hybridized carbons (Fsp3) is 0.294. The van der Waals surface area contributed by atoms with Crippen LogP contribution in [0.5, 0.6) is 0 Å². The second-order valence-corrected chi connectivity index (χ2v) is 4.98. The lowest BCUT2D eigenvalue weighted by Gasteiger charge is -2.10. The van der Waals surface area contributed by atoms with E-state index in [1.54, 1.807) is 0 Å². The molecule has 1 aliphatic carbocycles. The van der Waals surface area contributed by atoms with E-state index < -0.39 is 0 Å². The first-order valence-electron chi connectivity index (χ1n) is 6.68. The summed E-state index contributed by atoms with van der Waals surface area (Å²) in [7, 11) is 0. The largest absolute Gasteiger partial charge is 0.464 e. The summed E-state index contributed by atoms with van der Waals surface area (Å²) in [6.45, 7) is 4.47. The van der Waals surface area contributed by atoms with Crippen molar-refractivity contribution in [2.24, 2.45) is 0 Å². The van der Waals surface area contributed by atoms with Crippen molar-refractivity contribution in [2.75, 3.05) is 0 Å². The number of benzene rings is 1. The zero-order valence-corrected chi connectivity index (χ0v) is 10.9. The Morgan fingerprint density at radius 1 is 1.17 bits per heavy atom. The summed E-state index contributed by atoms with van der Waals surface area (Å²) in [6, 6.07) is 10.7. The van der Waals surface area contributed by atoms with Crippen LogP contribution >= 0.6 is 0 Å². The van der Waals surface area contributed by atoms with Gasteiger partial charge in [0.15, 0.2) is 0 Å². The molecule has 1 unspecified atom stereocenters. The van der Waals surface area contributed by atoms with E-state index in [9.17, 15) is 0 Å². The highest BCUT2D eigenvalue weighted by Crippen LogP contribution is 2.42. The molecule has 0 aliphatic heterocycles. The van der Waals surface area contributed by atoms with Crippen LogP contribution in [0.2, 0.25) is 0 Å². The Hall–Kier alpha value is -1.76. The van der Waals surface area contributed by atoms with Gasteiger partial charge in [0.05, 0.1) is 6.26 Å². The second-order valence-electron chi connectivity index (χ2n) is 4.98. The summed E-state index contributed by atoms with van der Waals surface area (Å²) in [5, 5.41) is 0. The van der Waals surface area contributed by atoms with Crippen LogP contribution in [0.1, 0.15) is 48.6 Å². The first-order valence-corrected chi connectivity index (χ1v) is 6.68. The molecule has 0 radical (unpaired) electrons. The highest BCUT2D eigenvalue weighted by Gasteiger charge is 2.25. The fourth-order valence-corrected chi connectivity index (χ4v) is 2.81. The van der Waals surface area contributed by atoms with E-state index in [4.69, 9.17) is 4.42 Å². The van der Waals surface area contributed by atoms with Gasteiger partial charge in [-0.25, -0.2) is 0 Å². The molecule has 2 aromatic rings. The minimum Gasteiger partial charge on any atom is -0.464 e. The average Bonchev–Trinajstić information content (AvgIpc) is 2.96. The van der Waals surface area contributed by atoms with Crippen molar-refractivity contribution in [3.05, 3.63) is 59.0 Å². The summed E-state index contributed by atoms with van der Waals surface area (Å²) < 4.78 is 5.73. The topological polar surface area (TPSA) is 13.1 Å². The minimum absolute atomic E-state index is 0.433. The van der Waals surface area contributed by atoms with Gasteiger partial charge in [-0.05, 0) is 35.3 Å². The van der Waals surface area contributed by atoms with Crippen molar-refractivity contribution in [3.8, 4) is 0 Å². The molecule has 0 N–H and O–H groups in total. The van der Waals surface area contributed by atoms with E-state index in [1.807, 2.05) is 6.26 Å². The molecule has 0 saturated heterocycles. The first-order chi connectivity index (χ1) is 8.81. The van der Waals surface area contributed by atoms with Crippen molar-refractivity contribution in [1.82, 2.24) is 0 Å². The molecule has 3 rings (SSSR count). The monoisotopic (exact) mass is 238 g/mol. The number of fused-ring (bicyclic) bond motifs is 1. The molecule has 0 amide bonds. The van der Waals surface area contributed by atoms with Gasteiger partial charge in [0.1, 0.15) is 5.76 Å². The lowest BCUT2D eigenvalue weighted by Crippen LogP contribution is -1.95. The third-order valence-corrected chi connectivity index (χ3v) is 3.77. The Balaban J connectivity index is 2.02. The zero-order valence-electron chi connectivity index (χ0n) is 10.9. The number of aryl methyl sites for hydroxylation is 1. The minimum atomic E-state index is 0.433. The smallest absolute Gasteiger partial charge is 0.133 e. The van der Waals surface area contributed by atoms with Crippen molar-refractivity contribution in [1.29, 1.82) is 0 Å². The highest BCUT2D eigenvalue weighted by molar-refractivity contribution is 5.90. The quantitative estimate of drug-likeness (QED) is 0.742. The van der Waals surface area contributed by atoms with Crippen molar-refractivity contribution in [2.45, 2.75) is 32.6 Å². The summed E-state index contributed by atoms with van der Waals surface area (Å²) in [5.74, 6) is 1.52. The van der Waals surface area contributed by atoms with E-state index in [1.165, 1.54) is 22.3 Å². The molecular weight excluding hydrogens is 220 g/mol. The normalized spacial score (nSPS) is 17.7. The molecule has 0 bridgehead atoms. The summed E-state index contributed by atoms with van der Waals surface area (Å²) in [5.41, 5.74) is 5.40. The van der Waals surface area contributed by atoms with Crippen molar-refractivity contribution >= 4 is 11.6 Å². The molecule has 1 aliphatic rings. The maximum atomic E-state index is 5.73. The summed E-state index contributed by atoms with van der Waals surface area (Å²) in [6.07, 6.45) is 6.34. The molecule has 1 atom stereocenters. The Labute approximate surface area is 108 Å². The van der Waals surface area contributed by atoms with Crippen molar-refractivity contribution in [3.63, 3.8) is 0 Å². The Kier molecular flexibility index (Phi) is 2.83. The van der Waals surface area contributed by atoms with E-state index in [0.717, 1.165) is 18.6 Å². The molecule has 92 valence electrons. The molecule has 1 nitrogen and oxygen atoms in total. The lowest BCUT2D eigenvalue weighted by molar-refractivity contribution is 0.545. The van der Waals surface area contributed by atoms with Crippen molar-refractivity contribution < 1.29 is 4.42 Å². The van der Waals surface area contributed by atoms with Crippen LogP contribution in [-0.4, -0.2) is 0 Å². The van der Waals surface area contributed by atoms with E-state index >= 15 is 0 Å². The fourth-order valence-electron chi connectivity index (χ4n) is 2.81. The molecule has 1 aromatic carbocycles. The summed E-state index contributed by atoms with van der Waals surface area (Å²) in [4.78, 5) is 0. The van der Waals surface area contributed by atoms with Gasteiger partial charge in [-0.2, -0.15) is 0 Å². The average molecular weight is 238 g/mol. The van der Waals surface area contributed by atoms with Gasteiger partial charge >= 0.3 is 0 Å². The van der Waals surface area contributed by atoms with Crippen LogP contribution in [0.15, 0.2) is 41.0 Å². The third-order valence-electron chi connectivity index (χ3n) is 3.77. The molecule has 1 heteroatoms. The van der Waals surface area contributed by atoms with Gasteiger partial charge in [-0.15, -0.1) is 0 Å². The van der Waals surface area contributed by atoms with Gasteiger partial charge in [-0.1, -0.05) is 44.5 Å². The maximum Gasteiger partial charge on any atom is 0.133 e. The van der Waals surface area contributed by atoms with E-state index in [0.29, 0.717) is 5.92 Å². The molecule has 1 aromatic heterocycles. The maximum absolute atomic E-state index is 5.73. The van der Waals surface area contributed by atoms with Crippen LogP contribution in [0.3, 0.4) is 0 Å². The number of furan rings is 1. The van der Waals surface area contributed by atoms with Crippen LogP contribution in [0, 0.1) is 0 Å². The lowest BCUT2D eigenvalue weighted by atomic mass is 9.94. The van der Waals surface area contributed by atoms with Crippen LogP contribution in [0.25, 0.3) is 11.6 Å². The first kappa shape index (κ1) is 11.3. The van der Waals surface area contributed by atoms with Gasteiger partial charge in [0.2, 0.25) is 0 Å². The van der Waals surface area contributed by atoms with Gasteiger partial charge in [-0.3, -0.25) is 0 Å². The second kappa shape index (κ2) is 4.49. The zero-order chi connectivity index (χ0) is 12.5. The number of rotatable bonds is 3. The van der Waals surface area contributed by atoms with Gasteiger partial charge in [0.25, 0.3) is 0 Å². The Bertz CT molecular complexity index is 589. The Morgan fingerprint density at radius 3 is 2.78 bits per heavy atom. The van der Waals surface area contributed by atoms with Crippen LogP contribution in [0.4, 0.5) is 0 Å². The van der Waals surface area contributed by atoms with Crippen LogP contribution < -0.4 is 0 Å². The molecule has 0 spiro atoms. The highest BCUT2D eigenvalue weighted by atomic mass is 16.3. The van der Waals surface area contributed by atoms with Gasteiger partial charge < -0.3 is 4.42 Å². The standard InChI is InChI=1S/C17H18O/c1-3-6-13-9-10-18-17(13)16-11-14-7-4-5-8-15(14)12(16)2/h4-5,7-12H,3,6H2,1-2H3. The SMILES string of the molecule is CCCc1ccoc1C1=Cc2ccccc2C1C. The number of hydrogen-bond donors (Lipinski definition) is 0. The number of hydrogen-bond acceptors (Lipinski definition) is 1. The van der Waals surface area contributed by atoms with Crippen LogP contribution in [-0.2, 0) is 6.42 Å². The molecular formula is C17H18O. The molecule has 18 heavy (non-hydrogen) atoms. The number of allylic oxidation sites excluding steroid dienone is 1. The molecule has 0 saturated carbocycles. The van der Waals surface area contributed by atoms with E-state index in [2.05, 4.69) is 50.3 Å².